The van der Waals surface area contributed by atoms with Gasteiger partial charge in [0.1, 0.15) is 11.6 Å². The molecule has 2 aromatic carbocycles. The Morgan fingerprint density at radius 3 is 2.59 bits per heavy atom. The third kappa shape index (κ3) is 4.69. The van der Waals surface area contributed by atoms with Gasteiger partial charge < -0.3 is 5.32 Å². The molecule has 136 valence electrons. The topological polar surface area (TPSA) is 85.1 Å². The van der Waals surface area contributed by atoms with E-state index in [1.807, 2.05) is 0 Å². The quantitative estimate of drug-likeness (QED) is 0.423. The zero-order valence-electron chi connectivity index (χ0n) is 13.6. The number of nitrogens with zero attached hydrogens (tertiary/aromatic N) is 2. The Balaban J connectivity index is 1.96. The van der Waals surface area contributed by atoms with Crippen LogP contribution in [0.15, 0.2) is 75.1 Å². The lowest BCUT2D eigenvalue weighted by atomic mass is 10.2. The van der Waals surface area contributed by atoms with Crippen LogP contribution in [0.1, 0.15) is 10.4 Å². The number of aromatic nitrogens is 1. The smallest absolute Gasteiger partial charge is 0.270 e. The molecule has 1 amide bonds. The van der Waals surface area contributed by atoms with Crippen LogP contribution in [-0.4, -0.2) is 15.8 Å². The normalized spacial score (nSPS) is 10.4. The van der Waals surface area contributed by atoms with Crippen LogP contribution in [0, 0.1) is 15.9 Å². The van der Waals surface area contributed by atoms with Crippen LogP contribution in [0.5, 0.6) is 0 Å². The number of anilines is 1. The molecule has 0 fully saturated rings. The van der Waals surface area contributed by atoms with Gasteiger partial charge in [-0.3, -0.25) is 14.9 Å². The van der Waals surface area contributed by atoms with Gasteiger partial charge in [-0.05, 0) is 46.3 Å². The zero-order valence-corrected chi connectivity index (χ0v) is 16.0. The molecule has 0 spiro atoms. The van der Waals surface area contributed by atoms with E-state index in [0.29, 0.717) is 9.79 Å². The second-order valence-electron chi connectivity index (χ2n) is 5.29. The van der Waals surface area contributed by atoms with Gasteiger partial charge in [-0.2, -0.15) is 0 Å². The van der Waals surface area contributed by atoms with E-state index in [1.54, 1.807) is 30.3 Å². The number of hydrogen-bond donors (Lipinski definition) is 1. The highest BCUT2D eigenvalue weighted by Gasteiger charge is 2.19. The Morgan fingerprint density at radius 2 is 1.93 bits per heavy atom. The fourth-order valence-corrected chi connectivity index (χ4v) is 3.36. The van der Waals surface area contributed by atoms with Crippen molar-refractivity contribution in [2.75, 3.05) is 5.32 Å². The van der Waals surface area contributed by atoms with Crippen molar-refractivity contribution in [2.24, 2.45) is 0 Å². The predicted octanol–water partition coefficient (Wildman–Crippen LogP) is 5.29. The minimum absolute atomic E-state index is 0.0576. The molecule has 0 bridgehead atoms. The molecule has 1 N–H and O–H groups in total. The van der Waals surface area contributed by atoms with Gasteiger partial charge in [-0.15, -0.1) is 0 Å². The summed E-state index contributed by atoms with van der Waals surface area (Å²) in [4.78, 5) is 27.9. The van der Waals surface area contributed by atoms with E-state index in [4.69, 9.17) is 0 Å². The first-order valence-electron chi connectivity index (χ1n) is 7.58. The van der Waals surface area contributed by atoms with Crippen molar-refractivity contribution in [1.82, 2.24) is 4.98 Å². The summed E-state index contributed by atoms with van der Waals surface area (Å²) in [6.45, 7) is 0. The molecule has 0 unspecified atom stereocenters. The molecule has 9 heteroatoms. The average molecular weight is 448 g/mol. The Kier molecular flexibility index (Phi) is 5.82. The van der Waals surface area contributed by atoms with Gasteiger partial charge in [0.15, 0.2) is 0 Å². The Labute approximate surface area is 166 Å². The van der Waals surface area contributed by atoms with Crippen LogP contribution in [0.3, 0.4) is 0 Å². The molecule has 6 nitrogen and oxygen atoms in total. The summed E-state index contributed by atoms with van der Waals surface area (Å²) in [7, 11) is 0. The summed E-state index contributed by atoms with van der Waals surface area (Å²) in [6.07, 6.45) is 1.51. The van der Waals surface area contributed by atoms with Crippen molar-refractivity contribution in [3.05, 3.63) is 86.8 Å². The third-order valence-corrected chi connectivity index (χ3v) is 5.04. The number of nitro groups is 1. The molecule has 0 aliphatic carbocycles. The number of carbonyl (C=O) groups is 1. The number of rotatable bonds is 5. The lowest BCUT2D eigenvalue weighted by Crippen LogP contribution is -2.14. The fourth-order valence-electron chi connectivity index (χ4n) is 2.18. The summed E-state index contributed by atoms with van der Waals surface area (Å²) in [5, 5.41) is 13.7. The van der Waals surface area contributed by atoms with E-state index in [-0.39, 0.29) is 17.1 Å². The van der Waals surface area contributed by atoms with E-state index in [2.05, 4.69) is 26.2 Å². The second kappa shape index (κ2) is 8.28. The number of carbonyl (C=O) groups excluding carboxylic acids is 1. The van der Waals surface area contributed by atoms with Crippen molar-refractivity contribution in [2.45, 2.75) is 9.79 Å². The highest BCUT2D eigenvalue weighted by Crippen LogP contribution is 2.34. The van der Waals surface area contributed by atoms with Gasteiger partial charge in [0.05, 0.1) is 10.5 Å². The molecule has 3 rings (SSSR count). The van der Waals surface area contributed by atoms with Gasteiger partial charge >= 0.3 is 0 Å². The molecule has 0 atom stereocenters. The third-order valence-electron chi connectivity index (χ3n) is 3.44. The van der Waals surface area contributed by atoms with E-state index >= 15 is 0 Å². The summed E-state index contributed by atoms with van der Waals surface area (Å²) >= 11 is 4.26. The molecule has 0 radical (unpaired) electrons. The van der Waals surface area contributed by atoms with Crippen molar-refractivity contribution in [1.29, 1.82) is 0 Å². The number of halogens is 2. The van der Waals surface area contributed by atoms with E-state index in [9.17, 15) is 19.3 Å². The van der Waals surface area contributed by atoms with Crippen LogP contribution in [-0.2, 0) is 0 Å². The summed E-state index contributed by atoms with van der Waals surface area (Å²) in [5.74, 6) is -0.731. The SMILES string of the molecule is O=C(Nc1ccc(Br)cn1)c1cc([N+](=O)[O-])ccc1Sc1ccccc1F. The molecule has 0 aliphatic rings. The first-order valence-corrected chi connectivity index (χ1v) is 9.19. The van der Waals surface area contributed by atoms with Crippen molar-refractivity contribution >= 4 is 45.1 Å². The summed E-state index contributed by atoms with van der Waals surface area (Å²) in [5.41, 5.74) is -0.177. The first-order chi connectivity index (χ1) is 12.9. The lowest BCUT2D eigenvalue weighted by Gasteiger charge is -2.10. The van der Waals surface area contributed by atoms with Crippen LogP contribution in [0.25, 0.3) is 0 Å². The standard InChI is InChI=1S/C18H11BrFN3O3S/c19-11-5-8-17(21-10-11)22-18(24)13-9-12(23(25)26)6-7-15(13)27-16-4-2-1-3-14(16)20/h1-10H,(H,21,22,24). The van der Waals surface area contributed by atoms with Crippen molar-refractivity contribution in [3.8, 4) is 0 Å². The van der Waals surface area contributed by atoms with Crippen LogP contribution in [0.2, 0.25) is 0 Å². The summed E-state index contributed by atoms with van der Waals surface area (Å²) in [6, 6.07) is 13.3. The maximum Gasteiger partial charge on any atom is 0.270 e. The van der Waals surface area contributed by atoms with E-state index < -0.39 is 16.6 Å². The molecule has 3 aromatic rings. The molecule has 27 heavy (non-hydrogen) atoms. The molecular weight excluding hydrogens is 437 g/mol. The van der Waals surface area contributed by atoms with Gasteiger partial charge in [-0.25, -0.2) is 9.37 Å². The Hall–Kier alpha value is -2.78. The van der Waals surface area contributed by atoms with E-state index in [0.717, 1.165) is 22.3 Å². The summed E-state index contributed by atoms with van der Waals surface area (Å²) < 4.78 is 14.7. The Morgan fingerprint density at radius 1 is 1.15 bits per heavy atom. The second-order valence-corrected chi connectivity index (χ2v) is 7.29. The molecule has 1 aromatic heterocycles. The Bertz CT molecular complexity index is 1010. The van der Waals surface area contributed by atoms with Crippen molar-refractivity contribution < 1.29 is 14.1 Å². The molecule has 0 aliphatic heterocycles. The lowest BCUT2D eigenvalue weighted by molar-refractivity contribution is -0.384. The molecule has 0 saturated carbocycles. The van der Waals surface area contributed by atoms with Crippen LogP contribution < -0.4 is 5.32 Å². The molecule has 1 heterocycles. The van der Waals surface area contributed by atoms with Gasteiger partial charge in [0.25, 0.3) is 11.6 Å². The minimum Gasteiger partial charge on any atom is -0.307 e. The van der Waals surface area contributed by atoms with Gasteiger partial charge in [0, 0.05) is 32.6 Å². The molecule has 0 saturated heterocycles. The minimum atomic E-state index is -0.591. The number of pyridine rings is 1. The number of amides is 1. The average Bonchev–Trinajstić information content (AvgIpc) is 2.65. The molecular formula is C18H11BrFN3O3S. The number of nitrogens with one attached hydrogen (secondary N) is 1. The largest absolute Gasteiger partial charge is 0.307 e. The maximum atomic E-state index is 14.0. The van der Waals surface area contributed by atoms with Gasteiger partial charge in [-0.1, -0.05) is 23.9 Å². The monoisotopic (exact) mass is 447 g/mol. The highest BCUT2D eigenvalue weighted by atomic mass is 79.9. The van der Waals surface area contributed by atoms with Gasteiger partial charge in [0.2, 0.25) is 0 Å². The highest BCUT2D eigenvalue weighted by molar-refractivity contribution is 9.10. The number of non-ortho nitro benzene ring substituents is 1. The van der Waals surface area contributed by atoms with E-state index in [1.165, 1.54) is 24.4 Å². The number of hydrogen-bond acceptors (Lipinski definition) is 5. The number of nitro benzene ring substituents is 1. The fraction of sp³-hybridized carbons (Fsp3) is 0. The van der Waals surface area contributed by atoms with Crippen LogP contribution in [0.4, 0.5) is 15.9 Å². The maximum absolute atomic E-state index is 14.0. The number of benzene rings is 2. The van der Waals surface area contributed by atoms with Crippen molar-refractivity contribution in [3.63, 3.8) is 0 Å². The zero-order chi connectivity index (χ0) is 19.4. The predicted molar refractivity (Wildman–Crippen MR) is 104 cm³/mol. The first kappa shape index (κ1) is 19.0. The van der Waals surface area contributed by atoms with Crippen LogP contribution >= 0.6 is 27.7 Å².